The maximum absolute atomic E-state index is 13.1. The molecule has 0 bridgehead atoms. The molecule has 7 nitrogen and oxygen atoms in total. The minimum Gasteiger partial charge on any atom is -0.495 e. The van der Waals surface area contributed by atoms with Crippen LogP contribution < -0.4 is 15.4 Å². The van der Waals surface area contributed by atoms with Crippen LogP contribution in [0.2, 0.25) is 0 Å². The number of para-hydroxylation sites is 3. The van der Waals surface area contributed by atoms with Crippen molar-refractivity contribution < 1.29 is 14.3 Å². The molecule has 0 saturated carbocycles. The van der Waals surface area contributed by atoms with Gasteiger partial charge in [0.25, 0.3) is 11.8 Å². The fraction of sp³-hybridized carbons (Fsp3) is 0.0800. The number of anilines is 2. The third kappa shape index (κ3) is 4.37. The number of nitrogens with one attached hydrogen (secondary N) is 2. The van der Waals surface area contributed by atoms with Gasteiger partial charge < -0.3 is 15.4 Å². The van der Waals surface area contributed by atoms with Crippen LogP contribution in [0.3, 0.4) is 0 Å². The van der Waals surface area contributed by atoms with Crippen molar-refractivity contribution >= 4 is 23.3 Å². The zero-order chi connectivity index (χ0) is 22.5. The number of aryl methyl sites for hydroxylation is 1. The quantitative estimate of drug-likeness (QED) is 0.468. The minimum absolute atomic E-state index is 0.222. The summed E-state index contributed by atoms with van der Waals surface area (Å²) in [4.78, 5) is 26.1. The van der Waals surface area contributed by atoms with E-state index in [4.69, 9.17) is 4.74 Å². The lowest BCUT2D eigenvalue weighted by Crippen LogP contribution is -2.19. The highest BCUT2D eigenvalue weighted by atomic mass is 16.5. The monoisotopic (exact) mass is 426 g/mol. The molecular formula is C25H22N4O3. The number of hydrogen-bond donors (Lipinski definition) is 2. The molecule has 0 fully saturated rings. The fourth-order valence-electron chi connectivity index (χ4n) is 3.22. The number of ether oxygens (including phenoxy) is 1. The summed E-state index contributed by atoms with van der Waals surface area (Å²) in [6.45, 7) is 1.95. The summed E-state index contributed by atoms with van der Waals surface area (Å²) < 4.78 is 6.84. The molecule has 0 aliphatic heterocycles. The Morgan fingerprint density at radius 2 is 1.53 bits per heavy atom. The number of methoxy groups -OCH3 is 1. The van der Waals surface area contributed by atoms with E-state index in [1.165, 1.54) is 18.0 Å². The predicted molar refractivity (Wildman–Crippen MR) is 124 cm³/mol. The number of carbonyl (C=O) groups is 2. The van der Waals surface area contributed by atoms with Crippen molar-refractivity contribution in [1.29, 1.82) is 0 Å². The van der Waals surface area contributed by atoms with Crippen molar-refractivity contribution in [1.82, 2.24) is 9.78 Å². The van der Waals surface area contributed by atoms with Crippen LogP contribution in [0.1, 0.15) is 26.3 Å². The van der Waals surface area contributed by atoms with Gasteiger partial charge in [0.15, 0.2) is 0 Å². The summed E-state index contributed by atoms with van der Waals surface area (Å²) in [5.41, 5.74) is 2.98. The van der Waals surface area contributed by atoms with Gasteiger partial charge in [0, 0.05) is 5.56 Å². The molecule has 0 saturated heterocycles. The summed E-state index contributed by atoms with van der Waals surface area (Å²) in [5.74, 6) is 0.0422. The Kier molecular flexibility index (Phi) is 5.98. The standard InChI is InChI=1S/C25H22N4O3/c1-17-12-14-18(15-13-17)24(30)28-23-20(16-26-29(23)19-8-4-3-5-9-19)25(31)27-21-10-6-7-11-22(21)32-2/h3-16H,1-2H3,(H,27,31)(H,28,30). The number of nitrogens with zero attached hydrogens (tertiary/aromatic N) is 2. The summed E-state index contributed by atoms with van der Waals surface area (Å²) in [6.07, 6.45) is 1.43. The van der Waals surface area contributed by atoms with Crippen molar-refractivity contribution in [2.24, 2.45) is 0 Å². The smallest absolute Gasteiger partial charge is 0.261 e. The summed E-state index contributed by atoms with van der Waals surface area (Å²) in [5, 5.41) is 10.1. The normalized spacial score (nSPS) is 10.4. The highest BCUT2D eigenvalue weighted by Gasteiger charge is 2.22. The molecule has 0 radical (unpaired) electrons. The van der Waals surface area contributed by atoms with Crippen LogP contribution in [0.15, 0.2) is 85.1 Å². The van der Waals surface area contributed by atoms with Crippen LogP contribution in [0.4, 0.5) is 11.5 Å². The van der Waals surface area contributed by atoms with Gasteiger partial charge in [-0.25, -0.2) is 4.68 Å². The first-order valence-corrected chi connectivity index (χ1v) is 10.0. The first-order valence-electron chi connectivity index (χ1n) is 10.0. The molecule has 0 unspecified atom stereocenters. The molecule has 0 spiro atoms. The number of amides is 2. The Bertz CT molecular complexity index is 1250. The molecule has 32 heavy (non-hydrogen) atoms. The van der Waals surface area contributed by atoms with Crippen LogP contribution in [-0.2, 0) is 0 Å². The van der Waals surface area contributed by atoms with E-state index in [1.54, 1.807) is 30.3 Å². The van der Waals surface area contributed by atoms with Crippen molar-refractivity contribution in [3.8, 4) is 11.4 Å². The number of hydrogen-bond acceptors (Lipinski definition) is 4. The second-order valence-corrected chi connectivity index (χ2v) is 7.13. The molecule has 0 aliphatic rings. The van der Waals surface area contributed by atoms with E-state index in [0.29, 0.717) is 22.7 Å². The van der Waals surface area contributed by atoms with Crippen molar-refractivity contribution in [2.45, 2.75) is 6.92 Å². The maximum Gasteiger partial charge on any atom is 0.261 e. The van der Waals surface area contributed by atoms with Crippen molar-refractivity contribution in [3.05, 3.63) is 102 Å². The van der Waals surface area contributed by atoms with Crippen molar-refractivity contribution in [3.63, 3.8) is 0 Å². The highest BCUT2D eigenvalue weighted by molar-refractivity contribution is 6.12. The van der Waals surface area contributed by atoms with E-state index in [0.717, 1.165) is 5.56 Å². The molecule has 4 aromatic rings. The second kappa shape index (κ2) is 9.18. The van der Waals surface area contributed by atoms with Gasteiger partial charge in [-0.2, -0.15) is 5.10 Å². The SMILES string of the molecule is COc1ccccc1NC(=O)c1cnn(-c2ccccc2)c1NC(=O)c1ccc(C)cc1. The molecule has 0 aliphatic carbocycles. The van der Waals surface area contributed by atoms with Gasteiger partial charge in [0.1, 0.15) is 17.1 Å². The Morgan fingerprint density at radius 3 is 2.25 bits per heavy atom. The van der Waals surface area contributed by atoms with E-state index >= 15 is 0 Å². The molecule has 2 amide bonds. The Labute approximate surface area is 185 Å². The molecular weight excluding hydrogens is 404 g/mol. The molecule has 1 heterocycles. The van der Waals surface area contributed by atoms with Gasteiger partial charge in [-0.05, 0) is 43.3 Å². The highest BCUT2D eigenvalue weighted by Crippen LogP contribution is 2.26. The minimum atomic E-state index is -0.420. The zero-order valence-electron chi connectivity index (χ0n) is 17.7. The van der Waals surface area contributed by atoms with E-state index in [-0.39, 0.29) is 17.3 Å². The maximum atomic E-state index is 13.1. The molecule has 1 aromatic heterocycles. The molecule has 2 N–H and O–H groups in total. The van der Waals surface area contributed by atoms with Crippen molar-refractivity contribution in [2.75, 3.05) is 17.7 Å². The predicted octanol–water partition coefficient (Wildman–Crippen LogP) is 4.69. The number of rotatable bonds is 6. The topological polar surface area (TPSA) is 85.2 Å². The second-order valence-electron chi connectivity index (χ2n) is 7.13. The summed E-state index contributed by atoms with van der Waals surface area (Å²) >= 11 is 0. The Balaban J connectivity index is 1.70. The van der Waals surface area contributed by atoms with Gasteiger partial charge in [-0.15, -0.1) is 0 Å². The van der Waals surface area contributed by atoms with Gasteiger partial charge in [0.2, 0.25) is 0 Å². The summed E-state index contributed by atoms with van der Waals surface area (Å²) in [7, 11) is 1.53. The molecule has 3 aromatic carbocycles. The van der Waals surface area contributed by atoms with Gasteiger partial charge in [0.05, 0.1) is 24.7 Å². The van der Waals surface area contributed by atoms with E-state index in [1.807, 2.05) is 55.5 Å². The summed E-state index contributed by atoms with van der Waals surface area (Å²) in [6, 6.07) is 23.6. The first kappa shape index (κ1) is 20.9. The first-order chi connectivity index (χ1) is 15.6. The lowest BCUT2D eigenvalue weighted by atomic mass is 10.1. The zero-order valence-corrected chi connectivity index (χ0v) is 17.7. The number of benzene rings is 3. The average molecular weight is 426 g/mol. The molecule has 160 valence electrons. The van der Waals surface area contributed by atoms with Crippen LogP contribution >= 0.6 is 0 Å². The number of carbonyl (C=O) groups excluding carboxylic acids is 2. The molecule has 0 atom stereocenters. The van der Waals surface area contributed by atoms with Crippen LogP contribution in [0.5, 0.6) is 5.75 Å². The van der Waals surface area contributed by atoms with Crippen LogP contribution in [0.25, 0.3) is 5.69 Å². The van der Waals surface area contributed by atoms with Gasteiger partial charge in [-0.3, -0.25) is 9.59 Å². The van der Waals surface area contributed by atoms with Gasteiger partial charge >= 0.3 is 0 Å². The Hall–Kier alpha value is -4.39. The van der Waals surface area contributed by atoms with E-state index < -0.39 is 5.91 Å². The van der Waals surface area contributed by atoms with Gasteiger partial charge in [-0.1, -0.05) is 48.0 Å². The largest absolute Gasteiger partial charge is 0.495 e. The molecule has 7 heteroatoms. The van der Waals surface area contributed by atoms with E-state index in [9.17, 15) is 9.59 Å². The third-order valence-electron chi connectivity index (χ3n) is 4.92. The van der Waals surface area contributed by atoms with Crippen LogP contribution in [0, 0.1) is 6.92 Å². The fourth-order valence-corrected chi connectivity index (χ4v) is 3.22. The van der Waals surface area contributed by atoms with Crippen LogP contribution in [-0.4, -0.2) is 28.7 Å². The average Bonchev–Trinajstić information content (AvgIpc) is 3.24. The molecule has 4 rings (SSSR count). The lowest BCUT2D eigenvalue weighted by Gasteiger charge is -2.13. The van der Waals surface area contributed by atoms with E-state index in [2.05, 4.69) is 15.7 Å². The third-order valence-corrected chi connectivity index (χ3v) is 4.92. The lowest BCUT2D eigenvalue weighted by molar-refractivity contribution is 0.102. The number of aromatic nitrogens is 2. The Morgan fingerprint density at radius 1 is 0.844 bits per heavy atom.